The molecule has 2 nitrogen and oxygen atoms in total. The minimum Gasteiger partial charge on any atom is -0.392 e. The molecule has 96 valence electrons. The summed E-state index contributed by atoms with van der Waals surface area (Å²) in [6, 6.07) is 0.600. The molecule has 1 fully saturated rings. The molecular weight excluding hydrogens is 218 g/mol. The van der Waals surface area contributed by atoms with Crippen molar-refractivity contribution in [2.75, 3.05) is 12.3 Å². The number of aliphatic hydroxyl groups is 1. The third kappa shape index (κ3) is 4.27. The van der Waals surface area contributed by atoms with Gasteiger partial charge >= 0.3 is 0 Å². The van der Waals surface area contributed by atoms with E-state index in [0.717, 1.165) is 19.4 Å². The van der Waals surface area contributed by atoms with Crippen molar-refractivity contribution in [1.82, 2.24) is 5.32 Å². The molecule has 0 aromatic rings. The molecule has 0 aliphatic carbocycles. The van der Waals surface area contributed by atoms with Crippen LogP contribution in [0.2, 0.25) is 0 Å². The van der Waals surface area contributed by atoms with Crippen LogP contribution < -0.4 is 5.32 Å². The Morgan fingerprint density at radius 1 is 1.38 bits per heavy atom. The summed E-state index contributed by atoms with van der Waals surface area (Å²) < 4.78 is 0. The molecule has 0 saturated carbocycles. The molecule has 1 heterocycles. The Hall–Kier alpha value is 0.270. The molecule has 1 saturated heterocycles. The van der Waals surface area contributed by atoms with Gasteiger partial charge in [-0.3, -0.25) is 0 Å². The molecule has 0 spiro atoms. The highest BCUT2D eigenvalue weighted by Crippen LogP contribution is 2.25. The summed E-state index contributed by atoms with van der Waals surface area (Å²) in [5.74, 6) is 1.76. The molecule has 0 bridgehead atoms. The molecule has 1 aliphatic rings. The van der Waals surface area contributed by atoms with Gasteiger partial charge in [0.1, 0.15) is 0 Å². The zero-order chi connectivity index (χ0) is 12.0. The van der Waals surface area contributed by atoms with E-state index in [0.29, 0.717) is 17.2 Å². The first-order chi connectivity index (χ1) is 7.69. The van der Waals surface area contributed by atoms with E-state index < -0.39 is 0 Å². The van der Waals surface area contributed by atoms with Gasteiger partial charge in [-0.05, 0) is 24.5 Å². The number of hydrogen-bond donors (Lipinski definition) is 2. The Morgan fingerprint density at radius 2 is 2.06 bits per heavy atom. The Balaban J connectivity index is 2.26. The molecule has 1 aliphatic heterocycles. The minimum absolute atomic E-state index is 0.172. The summed E-state index contributed by atoms with van der Waals surface area (Å²) in [5, 5.41) is 14.3. The van der Waals surface area contributed by atoms with E-state index in [1.807, 2.05) is 0 Å². The zero-order valence-corrected chi connectivity index (χ0v) is 11.7. The average Bonchev–Trinajstić information content (AvgIpc) is 2.29. The van der Waals surface area contributed by atoms with Crippen molar-refractivity contribution >= 4 is 11.8 Å². The number of aliphatic hydroxyl groups excluding tert-OH is 1. The third-order valence-corrected chi connectivity index (χ3v) is 5.17. The van der Waals surface area contributed by atoms with Gasteiger partial charge in [0.15, 0.2) is 0 Å². The van der Waals surface area contributed by atoms with E-state index in [1.54, 1.807) is 0 Å². The molecular formula is C13H27NOS. The van der Waals surface area contributed by atoms with Crippen LogP contribution in [0.4, 0.5) is 0 Å². The van der Waals surface area contributed by atoms with E-state index in [4.69, 9.17) is 0 Å². The van der Waals surface area contributed by atoms with E-state index in [2.05, 4.69) is 37.8 Å². The second-order valence-electron chi connectivity index (χ2n) is 4.88. The number of hydrogen-bond acceptors (Lipinski definition) is 3. The first kappa shape index (κ1) is 14.3. The Kier molecular flexibility index (Phi) is 6.78. The molecule has 0 aromatic heterocycles. The second kappa shape index (κ2) is 7.57. The third-order valence-electron chi connectivity index (χ3n) is 3.79. The van der Waals surface area contributed by atoms with Crippen molar-refractivity contribution in [1.29, 1.82) is 0 Å². The maximum Gasteiger partial charge on any atom is 0.0692 e. The first-order valence-corrected chi connectivity index (χ1v) is 7.76. The van der Waals surface area contributed by atoms with Crippen LogP contribution in [0, 0.1) is 5.92 Å². The quantitative estimate of drug-likeness (QED) is 0.754. The highest BCUT2D eigenvalue weighted by Gasteiger charge is 2.23. The van der Waals surface area contributed by atoms with E-state index >= 15 is 0 Å². The van der Waals surface area contributed by atoms with E-state index in [9.17, 15) is 5.11 Å². The molecule has 0 radical (unpaired) electrons. The molecule has 3 atom stereocenters. The van der Waals surface area contributed by atoms with Gasteiger partial charge in [-0.15, -0.1) is 0 Å². The lowest BCUT2D eigenvalue weighted by molar-refractivity contribution is 0.0977. The van der Waals surface area contributed by atoms with Crippen LogP contribution >= 0.6 is 11.8 Å². The predicted molar refractivity (Wildman–Crippen MR) is 73.0 cm³/mol. The second-order valence-corrected chi connectivity index (χ2v) is 6.36. The molecule has 16 heavy (non-hydrogen) atoms. The largest absolute Gasteiger partial charge is 0.392 e. The topological polar surface area (TPSA) is 32.3 Å². The first-order valence-electron chi connectivity index (χ1n) is 6.72. The number of thioether (sulfide) groups is 1. The summed E-state index contributed by atoms with van der Waals surface area (Å²) in [6.45, 7) is 7.39. The maximum atomic E-state index is 10.1. The molecule has 0 aromatic carbocycles. The highest BCUT2D eigenvalue weighted by atomic mass is 32.2. The van der Waals surface area contributed by atoms with E-state index in [1.165, 1.54) is 18.6 Å². The SMILES string of the molecule is CCC(CC)C(O)CNC1CCCSC1C. The fraction of sp³-hybridized carbons (Fsp3) is 1.00. The Labute approximate surface area is 105 Å². The number of rotatable bonds is 6. The van der Waals surface area contributed by atoms with Crippen LogP contribution in [0.3, 0.4) is 0 Å². The lowest BCUT2D eigenvalue weighted by Crippen LogP contribution is -2.44. The van der Waals surface area contributed by atoms with Crippen molar-refractivity contribution in [2.45, 2.75) is 63.9 Å². The van der Waals surface area contributed by atoms with Crippen LogP contribution in [-0.4, -0.2) is 34.8 Å². The van der Waals surface area contributed by atoms with Gasteiger partial charge in [-0.2, -0.15) is 11.8 Å². The number of nitrogens with one attached hydrogen (secondary N) is 1. The van der Waals surface area contributed by atoms with Crippen LogP contribution in [0.25, 0.3) is 0 Å². The Bertz CT molecular complexity index is 185. The lowest BCUT2D eigenvalue weighted by Gasteiger charge is -2.31. The summed E-state index contributed by atoms with van der Waals surface area (Å²) in [6.07, 6.45) is 4.56. The molecule has 3 heteroatoms. The van der Waals surface area contributed by atoms with Gasteiger partial charge in [0.25, 0.3) is 0 Å². The van der Waals surface area contributed by atoms with Crippen molar-refractivity contribution in [3.05, 3.63) is 0 Å². The smallest absolute Gasteiger partial charge is 0.0692 e. The van der Waals surface area contributed by atoms with Crippen LogP contribution in [-0.2, 0) is 0 Å². The monoisotopic (exact) mass is 245 g/mol. The predicted octanol–water partition coefficient (Wildman–Crippen LogP) is 2.66. The average molecular weight is 245 g/mol. The van der Waals surface area contributed by atoms with Gasteiger partial charge in [0.05, 0.1) is 6.10 Å². The highest BCUT2D eigenvalue weighted by molar-refractivity contribution is 7.99. The maximum absolute atomic E-state index is 10.1. The van der Waals surface area contributed by atoms with Gasteiger partial charge in [0, 0.05) is 17.8 Å². The Morgan fingerprint density at radius 3 is 2.62 bits per heavy atom. The molecule has 3 unspecified atom stereocenters. The summed E-state index contributed by atoms with van der Waals surface area (Å²) in [4.78, 5) is 0. The van der Waals surface area contributed by atoms with Crippen LogP contribution in [0.15, 0.2) is 0 Å². The van der Waals surface area contributed by atoms with Crippen LogP contribution in [0.1, 0.15) is 46.5 Å². The van der Waals surface area contributed by atoms with Crippen molar-refractivity contribution < 1.29 is 5.11 Å². The van der Waals surface area contributed by atoms with Crippen molar-refractivity contribution in [2.24, 2.45) is 5.92 Å². The van der Waals surface area contributed by atoms with Gasteiger partial charge in [0.2, 0.25) is 0 Å². The normalized spacial score (nSPS) is 28.3. The standard InChI is InChI=1S/C13H27NOS/c1-4-11(5-2)13(15)9-14-12-7-6-8-16-10(12)3/h10-15H,4-9H2,1-3H3. The van der Waals surface area contributed by atoms with Gasteiger partial charge in [-0.25, -0.2) is 0 Å². The summed E-state index contributed by atoms with van der Waals surface area (Å²) in [5.41, 5.74) is 0. The lowest BCUT2D eigenvalue weighted by atomic mass is 9.96. The van der Waals surface area contributed by atoms with E-state index in [-0.39, 0.29) is 6.10 Å². The minimum atomic E-state index is -0.172. The van der Waals surface area contributed by atoms with Crippen molar-refractivity contribution in [3.8, 4) is 0 Å². The van der Waals surface area contributed by atoms with Crippen LogP contribution in [0.5, 0.6) is 0 Å². The zero-order valence-electron chi connectivity index (χ0n) is 10.9. The molecule has 1 rings (SSSR count). The van der Waals surface area contributed by atoms with Crippen molar-refractivity contribution in [3.63, 3.8) is 0 Å². The summed E-state index contributed by atoms with van der Waals surface area (Å²) >= 11 is 2.05. The van der Waals surface area contributed by atoms with Gasteiger partial charge < -0.3 is 10.4 Å². The molecule has 0 amide bonds. The fourth-order valence-corrected chi connectivity index (χ4v) is 3.63. The molecule has 2 N–H and O–H groups in total. The summed E-state index contributed by atoms with van der Waals surface area (Å²) in [7, 11) is 0. The fourth-order valence-electron chi connectivity index (χ4n) is 2.46. The van der Waals surface area contributed by atoms with Gasteiger partial charge in [-0.1, -0.05) is 33.6 Å².